The quantitative estimate of drug-likeness (QED) is 0.412. The molecule has 162 valence electrons. The minimum Gasteiger partial charge on any atom is -0.406 e. The highest BCUT2D eigenvalue weighted by atomic mass is 19.4. The number of benzene rings is 1. The highest BCUT2D eigenvalue weighted by molar-refractivity contribution is 5.65. The maximum absolute atomic E-state index is 12.6. The molecular formula is C19H16F3N5O4. The van der Waals surface area contributed by atoms with Crippen molar-refractivity contribution in [1.29, 1.82) is 0 Å². The average molecular weight is 435 g/mol. The molecule has 4 aromatic rings. The van der Waals surface area contributed by atoms with Crippen molar-refractivity contribution in [3.05, 3.63) is 64.8 Å². The zero-order chi connectivity index (χ0) is 22.0. The second kappa shape index (κ2) is 8.22. The highest BCUT2D eigenvalue weighted by Gasteiger charge is 2.30. The van der Waals surface area contributed by atoms with E-state index in [4.69, 9.17) is 9.26 Å². The summed E-state index contributed by atoms with van der Waals surface area (Å²) in [5.74, 6) is 0.530. The standard InChI is InChI=1S/C19H16F3N5O4/c1-12-23-16(25-31-12)11-29-9-8-27-18(28)26-10-14(4-7-17(26)24-27)13-2-5-15(6-3-13)30-19(20,21)22/h2-7,10H,8-9,11H2,1H3. The molecule has 0 spiro atoms. The Balaban J connectivity index is 1.45. The first-order chi connectivity index (χ1) is 14.8. The highest BCUT2D eigenvalue weighted by Crippen LogP contribution is 2.26. The van der Waals surface area contributed by atoms with E-state index in [1.807, 2.05) is 0 Å². The van der Waals surface area contributed by atoms with E-state index < -0.39 is 6.36 Å². The summed E-state index contributed by atoms with van der Waals surface area (Å²) in [5, 5.41) is 7.95. The van der Waals surface area contributed by atoms with Crippen molar-refractivity contribution >= 4 is 5.65 Å². The summed E-state index contributed by atoms with van der Waals surface area (Å²) in [6.07, 6.45) is -3.18. The summed E-state index contributed by atoms with van der Waals surface area (Å²) in [6.45, 7) is 2.25. The summed E-state index contributed by atoms with van der Waals surface area (Å²) in [7, 11) is 0. The van der Waals surface area contributed by atoms with Gasteiger partial charge >= 0.3 is 12.1 Å². The molecule has 0 aliphatic rings. The number of fused-ring (bicyclic) bond motifs is 1. The number of ether oxygens (including phenoxy) is 2. The van der Waals surface area contributed by atoms with Crippen molar-refractivity contribution in [2.24, 2.45) is 0 Å². The lowest BCUT2D eigenvalue weighted by Crippen LogP contribution is -2.23. The first kappa shape index (κ1) is 20.6. The van der Waals surface area contributed by atoms with E-state index in [-0.39, 0.29) is 31.2 Å². The molecule has 3 aromatic heterocycles. The fraction of sp³-hybridized carbons (Fsp3) is 0.263. The number of aryl methyl sites for hydroxylation is 1. The number of pyridine rings is 1. The number of aromatic nitrogens is 5. The summed E-state index contributed by atoms with van der Waals surface area (Å²) in [6, 6.07) is 8.75. The molecule has 0 unspecified atom stereocenters. The average Bonchev–Trinajstić information content (AvgIpc) is 3.27. The van der Waals surface area contributed by atoms with Crippen LogP contribution in [0.5, 0.6) is 5.75 Å². The van der Waals surface area contributed by atoms with Crippen molar-refractivity contribution in [1.82, 2.24) is 24.3 Å². The first-order valence-corrected chi connectivity index (χ1v) is 9.11. The fourth-order valence-electron chi connectivity index (χ4n) is 2.90. The van der Waals surface area contributed by atoms with Crippen molar-refractivity contribution in [3.63, 3.8) is 0 Å². The molecule has 4 rings (SSSR count). The zero-order valence-electron chi connectivity index (χ0n) is 16.2. The monoisotopic (exact) mass is 435 g/mol. The first-order valence-electron chi connectivity index (χ1n) is 9.11. The van der Waals surface area contributed by atoms with E-state index in [2.05, 4.69) is 20.0 Å². The lowest BCUT2D eigenvalue weighted by Gasteiger charge is -2.09. The van der Waals surface area contributed by atoms with Gasteiger partial charge in [0.15, 0.2) is 11.5 Å². The van der Waals surface area contributed by atoms with Gasteiger partial charge in [0.05, 0.1) is 13.2 Å². The molecule has 0 bridgehead atoms. The van der Waals surface area contributed by atoms with E-state index in [0.717, 1.165) is 0 Å². The fourth-order valence-corrected chi connectivity index (χ4v) is 2.90. The Hall–Kier alpha value is -3.67. The molecule has 0 aliphatic carbocycles. The zero-order valence-corrected chi connectivity index (χ0v) is 16.2. The van der Waals surface area contributed by atoms with Gasteiger partial charge in [-0.2, -0.15) is 4.98 Å². The summed E-state index contributed by atoms with van der Waals surface area (Å²) >= 11 is 0. The lowest BCUT2D eigenvalue weighted by molar-refractivity contribution is -0.274. The van der Waals surface area contributed by atoms with Crippen molar-refractivity contribution in [2.45, 2.75) is 26.4 Å². The molecule has 0 N–H and O–H groups in total. The Bertz CT molecular complexity index is 1240. The van der Waals surface area contributed by atoms with Crippen molar-refractivity contribution < 1.29 is 27.2 Å². The molecule has 1 aromatic carbocycles. The number of hydrogen-bond acceptors (Lipinski definition) is 7. The third-order valence-corrected chi connectivity index (χ3v) is 4.25. The third-order valence-electron chi connectivity index (χ3n) is 4.25. The molecular weight excluding hydrogens is 419 g/mol. The van der Waals surface area contributed by atoms with Gasteiger partial charge in [-0.3, -0.25) is 0 Å². The molecule has 12 heteroatoms. The Kier molecular flexibility index (Phi) is 5.46. The molecule has 0 aliphatic heterocycles. The topological polar surface area (TPSA) is 96.7 Å². The number of nitrogens with zero attached hydrogens (tertiary/aromatic N) is 5. The van der Waals surface area contributed by atoms with E-state index >= 15 is 0 Å². The number of halogens is 3. The molecule has 0 radical (unpaired) electrons. The minimum atomic E-state index is -4.75. The van der Waals surface area contributed by atoms with Gasteiger partial charge in [-0.25, -0.2) is 13.9 Å². The van der Waals surface area contributed by atoms with E-state index in [0.29, 0.717) is 28.5 Å². The molecule has 0 fully saturated rings. The van der Waals surface area contributed by atoms with Crippen LogP contribution < -0.4 is 10.4 Å². The van der Waals surface area contributed by atoms with Crippen LogP contribution in [-0.4, -0.2) is 37.3 Å². The second-order valence-electron chi connectivity index (χ2n) is 6.51. The van der Waals surface area contributed by atoms with Crippen LogP contribution in [0.25, 0.3) is 16.8 Å². The predicted molar refractivity (Wildman–Crippen MR) is 100 cm³/mol. The van der Waals surface area contributed by atoms with Crippen LogP contribution in [0.4, 0.5) is 13.2 Å². The predicted octanol–water partition coefficient (Wildman–Crippen LogP) is 2.97. The third kappa shape index (κ3) is 4.91. The van der Waals surface area contributed by atoms with Crippen LogP contribution in [0.3, 0.4) is 0 Å². The Morgan fingerprint density at radius 1 is 1.10 bits per heavy atom. The van der Waals surface area contributed by atoms with Crippen LogP contribution in [-0.2, 0) is 17.9 Å². The molecule has 3 heterocycles. The van der Waals surface area contributed by atoms with Crippen molar-refractivity contribution in [3.8, 4) is 16.9 Å². The van der Waals surface area contributed by atoms with Crippen LogP contribution in [0.15, 0.2) is 51.9 Å². The van der Waals surface area contributed by atoms with Gasteiger partial charge in [-0.15, -0.1) is 18.3 Å². The van der Waals surface area contributed by atoms with Gasteiger partial charge in [-0.1, -0.05) is 17.3 Å². The van der Waals surface area contributed by atoms with E-state index in [1.165, 1.54) is 33.3 Å². The summed E-state index contributed by atoms with van der Waals surface area (Å²) in [4.78, 5) is 16.6. The molecule has 31 heavy (non-hydrogen) atoms. The van der Waals surface area contributed by atoms with Gasteiger partial charge < -0.3 is 14.0 Å². The van der Waals surface area contributed by atoms with Crippen molar-refractivity contribution in [2.75, 3.05) is 6.61 Å². The summed E-state index contributed by atoms with van der Waals surface area (Å²) < 4.78 is 53.7. The molecule has 9 nitrogen and oxygen atoms in total. The maximum atomic E-state index is 12.6. The molecule has 0 atom stereocenters. The van der Waals surface area contributed by atoms with E-state index in [9.17, 15) is 18.0 Å². The Morgan fingerprint density at radius 2 is 1.84 bits per heavy atom. The van der Waals surface area contributed by atoms with Crippen LogP contribution in [0, 0.1) is 6.92 Å². The van der Waals surface area contributed by atoms with Gasteiger partial charge in [0, 0.05) is 13.1 Å². The lowest BCUT2D eigenvalue weighted by atomic mass is 10.1. The van der Waals surface area contributed by atoms with E-state index in [1.54, 1.807) is 25.3 Å². The number of hydrogen-bond donors (Lipinski definition) is 0. The Morgan fingerprint density at radius 3 is 2.52 bits per heavy atom. The van der Waals surface area contributed by atoms with Crippen LogP contribution >= 0.6 is 0 Å². The minimum absolute atomic E-state index is 0.150. The Labute approximate surface area is 172 Å². The smallest absolute Gasteiger partial charge is 0.406 e. The number of rotatable bonds is 7. The maximum Gasteiger partial charge on any atom is 0.573 e. The number of alkyl halides is 3. The SMILES string of the molecule is Cc1nc(COCCn2nc3ccc(-c4ccc(OC(F)(F)F)cc4)cn3c2=O)no1. The molecule has 0 amide bonds. The van der Waals surface area contributed by atoms with Gasteiger partial charge in [0.25, 0.3) is 0 Å². The van der Waals surface area contributed by atoms with Gasteiger partial charge in [0.1, 0.15) is 12.4 Å². The van der Waals surface area contributed by atoms with Crippen LogP contribution in [0.2, 0.25) is 0 Å². The molecule has 0 saturated carbocycles. The van der Waals surface area contributed by atoms with Gasteiger partial charge in [-0.05, 0) is 35.4 Å². The summed E-state index contributed by atoms with van der Waals surface area (Å²) in [5.41, 5.74) is 1.32. The van der Waals surface area contributed by atoms with Gasteiger partial charge in [0.2, 0.25) is 5.89 Å². The largest absolute Gasteiger partial charge is 0.573 e. The second-order valence-corrected chi connectivity index (χ2v) is 6.51. The molecule has 0 saturated heterocycles. The normalized spacial score (nSPS) is 11.9. The van der Waals surface area contributed by atoms with Crippen LogP contribution in [0.1, 0.15) is 11.7 Å².